The maximum atomic E-state index is 13.1. The van der Waals surface area contributed by atoms with E-state index in [-0.39, 0.29) is 11.7 Å². The van der Waals surface area contributed by atoms with Crippen LogP contribution in [0.1, 0.15) is 50.9 Å². The van der Waals surface area contributed by atoms with Gasteiger partial charge in [0.1, 0.15) is 0 Å². The van der Waals surface area contributed by atoms with Gasteiger partial charge in [-0.15, -0.1) is 0 Å². The van der Waals surface area contributed by atoms with Gasteiger partial charge in [0.15, 0.2) is 17.3 Å². The molecule has 35 heavy (non-hydrogen) atoms. The van der Waals surface area contributed by atoms with Gasteiger partial charge in [-0.3, -0.25) is 10.1 Å². The maximum Gasteiger partial charge on any atom is 0.230 e. The van der Waals surface area contributed by atoms with E-state index >= 15 is 0 Å². The van der Waals surface area contributed by atoms with Gasteiger partial charge in [0.2, 0.25) is 11.9 Å². The van der Waals surface area contributed by atoms with Crippen molar-refractivity contribution in [1.29, 1.82) is 0 Å². The number of aryl methyl sites for hydroxylation is 3. The Hall–Kier alpha value is -4.07. The lowest BCUT2D eigenvalue weighted by Gasteiger charge is -2.25. The lowest BCUT2D eigenvalue weighted by molar-refractivity contribution is 0.0962. The first-order chi connectivity index (χ1) is 16.9. The molecule has 1 N–H and O–H groups in total. The van der Waals surface area contributed by atoms with E-state index in [2.05, 4.69) is 26.3 Å². The molecule has 178 valence electrons. The van der Waals surface area contributed by atoms with Crippen molar-refractivity contribution in [3.63, 3.8) is 0 Å². The molecule has 0 fully saturated rings. The average molecular weight is 470 g/mol. The van der Waals surface area contributed by atoms with Crippen LogP contribution < -0.4 is 14.8 Å². The number of benzene rings is 2. The quantitative estimate of drug-likeness (QED) is 0.435. The highest BCUT2D eigenvalue weighted by Gasteiger charge is 2.30. The van der Waals surface area contributed by atoms with Gasteiger partial charge in [0, 0.05) is 11.8 Å². The lowest BCUT2D eigenvalue weighted by atomic mass is 9.81. The Bertz CT molecular complexity index is 1470. The zero-order valence-corrected chi connectivity index (χ0v) is 20.5. The van der Waals surface area contributed by atoms with Gasteiger partial charge < -0.3 is 9.47 Å². The summed E-state index contributed by atoms with van der Waals surface area (Å²) in [6.07, 6.45) is 1.01. The number of fused-ring (bicyclic) bond motifs is 2. The van der Waals surface area contributed by atoms with Crippen molar-refractivity contribution in [2.75, 3.05) is 19.5 Å². The largest absolute Gasteiger partial charge is 0.493 e. The molecule has 5 rings (SSSR count). The molecule has 0 amide bonds. The summed E-state index contributed by atoms with van der Waals surface area (Å²) in [6.45, 7) is 5.85. The number of Topliss-reactive ketones (excluding diaryl/α,β-unsaturated/α-hetero) is 1. The fourth-order valence-corrected chi connectivity index (χ4v) is 4.72. The molecule has 1 atom stereocenters. The monoisotopic (exact) mass is 469 g/mol. The summed E-state index contributed by atoms with van der Waals surface area (Å²) in [7, 11) is 3.21. The van der Waals surface area contributed by atoms with Crippen molar-refractivity contribution in [2.24, 2.45) is 0 Å². The fourth-order valence-electron chi connectivity index (χ4n) is 4.72. The van der Waals surface area contributed by atoms with Crippen LogP contribution in [0.15, 0.2) is 36.4 Å². The average Bonchev–Trinajstić information content (AvgIpc) is 2.83. The minimum atomic E-state index is -0.0145. The summed E-state index contributed by atoms with van der Waals surface area (Å²) in [5, 5.41) is 4.17. The Morgan fingerprint density at radius 1 is 0.829 bits per heavy atom. The van der Waals surface area contributed by atoms with Gasteiger partial charge in [-0.2, -0.15) is 0 Å². The van der Waals surface area contributed by atoms with Crippen LogP contribution in [0, 0.1) is 20.8 Å². The van der Waals surface area contributed by atoms with Crippen molar-refractivity contribution in [3.05, 3.63) is 70.2 Å². The van der Waals surface area contributed by atoms with Crippen LogP contribution in [0.25, 0.3) is 10.9 Å². The van der Waals surface area contributed by atoms with E-state index in [1.165, 1.54) is 0 Å². The van der Waals surface area contributed by atoms with Crippen LogP contribution in [0.3, 0.4) is 0 Å². The Labute approximate surface area is 203 Å². The van der Waals surface area contributed by atoms with Gasteiger partial charge >= 0.3 is 0 Å². The van der Waals surface area contributed by atoms with Gasteiger partial charge in [0.05, 0.1) is 42.4 Å². The number of carbonyl (C=O) groups is 1. The van der Waals surface area contributed by atoms with Crippen LogP contribution in [-0.2, 0) is 6.42 Å². The highest BCUT2D eigenvalue weighted by Crippen LogP contribution is 2.37. The second kappa shape index (κ2) is 8.94. The molecule has 4 aromatic rings. The summed E-state index contributed by atoms with van der Waals surface area (Å²) in [6, 6.07) is 11.9. The summed E-state index contributed by atoms with van der Waals surface area (Å²) in [5.41, 5.74) is 5.89. The van der Waals surface area contributed by atoms with Crippen LogP contribution in [0.2, 0.25) is 0 Å². The molecule has 2 aromatic carbocycles. The first-order valence-corrected chi connectivity index (χ1v) is 11.5. The van der Waals surface area contributed by atoms with Gasteiger partial charge in [-0.25, -0.2) is 19.9 Å². The number of nitrogens with one attached hydrogen (secondary N) is 1. The summed E-state index contributed by atoms with van der Waals surface area (Å²) in [4.78, 5) is 31.6. The highest BCUT2D eigenvalue weighted by molar-refractivity contribution is 5.99. The zero-order valence-electron chi connectivity index (χ0n) is 20.5. The van der Waals surface area contributed by atoms with Crippen LogP contribution >= 0.6 is 0 Å². The van der Waals surface area contributed by atoms with Crippen LogP contribution in [-0.4, -0.2) is 39.9 Å². The van der Waals surface area contributed by atoms with Crippen molar-refractivity contribution < 1.29 is 14.3 Å². The Morgan fingerprint density at radius 3 is 2.34 bits per heavy atom. The first kappa shape index (κ1) is 22.7. The molecule has 2 heterocycles. The number of carbonyl (C=O) groups excluding carboxylic acids is 1. The number of rotatable bonds is 5. The van der Waals surface area contributed by atoms with E-state index < -0.39 is 0 Å². The van der Waals surface area contributed by atoms with E-state index in [4.69, 9.17) is 14.5 Å². The van der Waals surface area contributed by atoms with E-state index in [9.17, 15) is 4.79 Å². The zero-order chi connectivity index (χ0) is 24.7. The van der Waals surface area contributed by atoms with E-state index in [0.717, 1.165) is 33.4 Å². The second-order valence-electron chi connectivity index (χ2n) is 8.88. The molecule has 0 saturated heterocycles. The number of ether oxygens (including phenoxy) is 2. The number of nitrogens with zero attached hydrogens (tertiary/aromatic N) is 4. The van der Waals surface area contributed by atoms with Gasteiger partial charge in [-0.1, -0.05) is 17.7 Å². The molecule has 1 aliphatic carbocycles. The molecule has 0 aliphatic heterocycles. The third-order valence-electron chi connectivity index (χ3n) is 6.46. The van der Waals surface area contributed by atoms with Gasteiger partial charge in [-0.05, 0) is 62.9 Å². The normalized spacial score (nSPS) is 15.1. The topological polar surface area (TPSA) is 99.1 Å². The summed E-state index contributed by atoms with van der Waals surface area (Å²) < 4.78 is 10.8. The summed E-state index contributed by atoms with van der Waals surface area (Å²) in [5.74, 6) is 2.14. The molecule has 0 spiro atoms. The standard InChI is InChI=1S/C27H27N5O3/c1-14-6-8-20-19(10-14)15(2)28-26(30-20)32-27-29-16(3)25-21(31-27)11-18(12-22(25)33)17-7-9-23(34-4)24(13-17)35-5/h6-10,13,18H,11-12H2,1-5H3,(H,28,29,30,31,32). The van der Waals surface area contributed by atoms with Crippen LogP contribution in [0.4, 0.5) is 11.9 Å². The molecule has 0 radical (unpaired) electrons. The smallest absolute Gasteiger partial charge is 0.230 e. The molecule has 1 unspecified atom stereocenters. The lowest BCUT2D eigenvalue weighted by Crippen LogP contribution is -2.23. The van der Waals surface area contributed by atoms with E-state index in [1.807, 2.05) is 51.1 Å². The van der Waals surface area contributed by atoms with Crippen LogP contribution in [0.5, 0.6) is 11.5 Å². The third kappa shape index (κ3) is 4.27. The molecule has 8 heteroatoms. The Kier molecular flexibility index (Phi) is 5.80. The SMILES string of the molecule is COc1ccc(C2CC(=O)c3c(C)nc(Nc4nc(C)c5cc(C)ccc5n4)nc3C2)cc1OC. The van der Waals surface area contributed by atoms with Crippen molar-refractivity contribution in [2.45, 2.75) is 39.5 Å². The number of ketones is 1. The van der Waals surface area contributed by atoms with Crippen molar-refractivity contribution in [3.8, 4) is 11.5 Å². The fraction of sp³-hybridized carbons (Fsp3) is 0.296. The predicted molar refractivity (Wildman–Crippen MR) is 134 cm³/mol. The Balaban J connectivity index is 1.47. The molecular weight excluding hydrogens is 442 g/mol. The maximum absolute atomic E-state index is 13.1. The second-order valence-corrected chi connectivity index (χ2v) is 8.88. The number of methoxy groups -OCH3 is 2. The van der Waals surface area contributed by atoms with Gasteiger partial charge in [0.25, 0.3) is 0 Å². The number of hydrogen-bond donors (Lipinski definition) is 1. The van der Waals surface area contributed by atoms with Crippen molar-refractivity contribution in [1.82, 2.24) is 19.9 Å². The number of hydrogen-bond acceptors (Lipinski definition) is 8. The minimum Gasteiger partial charge on any atom is -0.493 e. The molecule has 2 aromatic heterocycles. The number of aromatic nitrogens is 4. The Morgan fingerprint density at radius 2 is 1.57 bits per heavy atom. The highest BCUT2D eigenvalue weighted by atomic mass is 16.5. The number of anilines is 2. The predicted octanol–water partition coefficient (Wildman–Crippen LogP) is 5.02. The molecular formula is C27H27N5O3. The minimum absolute atomic E-state index is 0.0145. The molecule has 8 nitrogen and oxygen atoms in total. The molecule has 0 saturated carbocycles. The van der Waals surface area contributed by atoms with Crippen molar-refractivity contribution >= 4 is 28.6 Å². The summed E-state index contributed by atoms with van der Waals surface area (Å²) >= 11 is 0. The first-order valence-electron chi connectivity index (χ1n) is 11.5. The molecule has 1 aliphatic rings. The van der Waals surface area contributed by atoms with E-state index in [0.29, 0.717) is 47.5 Å². The molecule has 0 bridgehead atoms. The van der Waals surface area contributed by atoms with E-state index in [1.54, 1.807) is 14.2 Å². The third-order valence-corrected chi connectivity index (χ3v) is 6.46.